The van der Waals surface area contributed by atoms with E-state index in [-0.39, 0.29) is 11.8 Å². The molecule has 2 fully saturated rings. The molecule has 25 heavy (non-hydrogen) atoms. The summed E-state index contributed by atoms with van der Waals surface area (Å²) >= 11 is 0. The molecular formula is C18H23N5O2. The van der Waals surface area contributed by atoms with Crippen molar-refractivity contribution in [2.24, 2.45) is 11.3 Å². The number of ether oxygens (including phenoxy) is 1. The van der Waals surface area contributed by atoms with Crippen LogP contribution in [0.2, 0.25) is 0 Å². The Morgan fingerprint density at radius 1 is 1.40 bits per heavy atom. The molecule has 7 heteroatoms. The van der Waals surface area contributed by atoms with Gasteiger partial charge >= 0.3 is 0 Å². The van der Waals surface area contributed by atoms with E-state index in [0.29, 0.717) is 18.5 Å². The predicted octanol–water partition coefficient (Wildman–Crippen LogP) is 1.63. The molecule has 1 spiro atoms. The Labute approximate surface area is 146 Å². The van der Waals surface area contributed by atoms with Crippen LogP contribution in [-0.2, 0) is 9.53 Å². The van der Waals surface area contributed by atoms with Gasteiger partial charge in [-0.15, -0.1) is 0 Å². The van der Waals surface area contributed by atoms with E-state index in [1.54, 1.807) is 4.52 Å². The molecule has 3 heterocycles. The summed E-state index contributed by atoms with van der Waals surface area (Å²) in [6, 6.07) is 3.90. The molecule has 4 rings (SSSR count). The first-order chi connectivity index (χ1) is 12.3. The van der Waals surface area contributed by atoms with Gasteiger partial charge in [0.05, 0.1) is 6.61 Å². The lowest BCUT2D eigenvalue weighted by Crippen LogP contribution is -2.45. The van der Waals surface area contributed by atoms with Crippen molar-refractivity contribution in [2.45, 2.75) is 19.3 Å². The van der Waals surface area contributed by atoms with Crippen LogP contribution in [0.25, 0.3) is 5.52 Å². The van der Waals surface area contributed by atoms with Crippen molar-refractivity contribution in [1.29, 1.82) is 0 Å². The summed E-state index contributed by atoms with van der Waals surface area (Å²) in [6.45, 7) is 2.90. The molecule has 0 unspecified atom stereocenters. The number of carbonyl (C=O) groups is 1. The summed E-state index contributed by atoms with van der Waals surface area (Å²) in [6.07, 6.45) is 10.4. The lowest BCUT2D eigenvalue weighted by atomic mass is 9.61. The van der Waals surface area contributed by atoms with Crippen molar-refractivity contribution in [3.63, 3.8) is 0 Å². The minimum atomic E-state index is 0.164. The van der Waals surface area contributed by atoms with Crippen molar-refractivity contribution in [3.05, 3.63) is 36.8 Å². The van der Waals surface area contributed by atoms with Gasteiger partial charge in [-0.25, -0.2) is 9.50 Å². The number of aromatic nitrogens is 3. The zero-order valence-corrected chi connectivity index (χ0v) is 14.1. The Morgan fingerprint density at radius 3 is 3.12 bits per heavy atom. The third-order valence-electron chi connectivity index (χ3n) is 5.20. The van der Waals surface area contributed by atoms with Crippen molar-refractivity contribution in [2.75, 3.05) is 31.6 Å². The lowest BCUT2D eigenvalue weighted by Gasteiger charge is -2.43. The number of rotatable bonds is 6. The monoisotopic (exact) mass is 341 g/mol. The van der Waals surface area contributed by atoms with E-state index in [0.717, 1.165) is 43.8 Å². The molecule has 2 aromatic heterocycles. The molecule has 2 aliphatic rings. The van der Waals surface area contributed by atoms with Crippen LogP contribution in [0.4, 0.5) is 5.82 Å². The summed E-state index contributed by atoms with van der Waals surface area (Å²) in [5.41, 5.74) is 1.25. The fraction of sp³-hybridized carbons (Fsp3) is 0.500. The van der Waals surface area contributed by atoms with Crippen LogP contribution in [-0.4, -0.2) is 46.8 Å². The maximum atomic E-state index is 12.1. The summed E-state index contributed by atoms with van der Waals surface area (Å²) in [5.74, 6) is 1.13. The van der Waals surface area contributed by atoms with Crippen molar-refractivity contribution >= 4 is 17.2 Å². The SMILES string of the molecule is O=C(NC/C=C/CNc1ncnn2cccc12)C1CC2(CCOC2)C1. The van der Waals surface area contributed by atoms with Crippen molar-refractivity contribution in [3.8, 4) is 0 Å². The maximum Gasteiger partial charge on any atom is 0.223 e. The molecule has 1 saturated carbocycles. The Morgan fingerprint density at radius 2 is 2.28 bits per heavy atom. The third-order valence-corrected chi connectivity index (χ3v) is 5.20. The number of nitrogens with zero attached hydrogens (tertiary/aromatic N) is 3. The second-order valence-corrected chi connectivity index (χ2v) is 6.95. The third kappa shape index (κ3) is 3.37. The number of nitrogens with one attached hydrogen (secondary N) is 2. The Kier molecular flexibility index (Phi) is 4.40. The summed E-state index contributed by atoms with van der Waals surface area (Å²) in [7, 11) is 0. The highest BCUT2D eigenvalue weighted by atomic mass is 16.5. The average molecular weight is 341 g/mol. The molecule has 0 atom stereocenters. The fourth-order valence-electron chi connectivity index (χ4n) is 3.77. The molecule has 132 valence electrons. The topological polar surface area (TPSA) is 80.5 Å². The fourth-order valence-corrected chi connectivity index (χ4v) is 3.77. The molecule has 1 aliphatic heterocycles. The first kappa shape index (κ1) is 16.1. The second-order valence-electron chi connectivity index (χ2n) is 6.95. The van der Waals surface area contributed by atoms with Crippen LogP contribution >= 0.6 is 0 Å². The number of anilines is 1. The number of amides is 1. The summed E-state index contributed by atoms with van der Waals surface area (Å²) in [5, 5.41) is 10.4. The van der Waals surface area contributed by atoms with Gasteiger partial charge in [-0.1, -0.05) is 12.2 Å². The number of hydrogen-bond donors (Lipinski definition) is 2. The van der Waals surface area contributed by atoms with Gasteiger partial charge in [0, 0.05) is 31.8 Å². The van der Waals surface area contributed by atoms with Crippen LogP contribution in [0.3, 0.4) is 0 Å². The minimum Gasteiger partial charge on any atom is -0.381 e. The first-order valence-electron chi connectivity index (χ1n) is 8.78. The standard InChI is InChI=1S/C18H23N5O2/c24-17(14-10-18(11-14)5-9-25-12-18)20-7-2-1-6-19-16-15-4-3-8-23(15)22-13-21-16/h1-4,8,13-14H,5-7,9-12H2,(H,20,24)(H,19,21,22)/b2-1+. The lowest BCUT2D eigenvalue weighted by molar-refractivity contribution is -0.132. The maximum absolute atomic E-state index is 12.1. The van der Waals surface area contributed by atoms with E-state index in [1.165, 1.54) is 6.33 Å². The molecule has 0 aromatic carbocycles. The molecule has 0 radical (unpaired) electrons. The van der Waals surface area contributed by atoms with Gasteiger partial charge in [0.15, 0.2) is 5.82 Å². The van der Waals surface area contributed by atoms with E-state index in [4.69, 9.17) is 4.74 Å². The van der Waals surface area contributed by atoms with Gasteiger partial charge < -0.3 is 15.4 Å². The Balaban J connectivity index is 1.17. The molecule has 2 N–H and O–H groups in total. The molecule has 0 bridgehead atoms. The van der Waals surface area contributed by atoms with Crippen LogP contribution in [0.15, 0.2) is 36.8 Å². The van der Waals surface area contributed by atoms with Gasteiger partial charge in [0.2, 0.25) is 5.91 Å². The van der Waals surface area contributed by atoms with Crippen LogP contribution in [0.1, 0.15) is 19.3 Å². The largest absolute Gasteiger partial charge is 0.381 e. The van der Waals surface area contributed by atoms with E-state index < -0.39 is 0 Å². The molecule has 1 aliphatic carbocycles. The van der Waals surface area contributed by atoms with Gasteiger partial charge in [0.1, 0.15) is 11.8 Å². The van der Waals surface area contributed by atoms with Gasteiger partial charge in [-0.05, 0) is 36.8 Å². The number of fused-ring (bicyclic) bond motifs is 1. The second kappa shape index (κ2) is 6.84. The van der Waals surface area contributed by atoms with E-state index in [9.17, 15) is 4.79 Å². The molecule has 1 amide bonds. The van der Waals surface area contributed by atoms with Crippen molar-refractivity contribution in [1.82, 2.24) is 19.9 Å². The molecular weight excluding hydrogens is 318 g/mol. The first-order valence-corrected chi connectivity index (χ1v) is 8.78. The average Bonchev–Trinajstić information content (AvgIpc) is 3.25. The summed E-state index contributed by atoms with van der Waals surface area (Å²) < 4.78 is 7.23. The van der Waals surface area contributed by atoms with Gasteiger partial charge in [0.25, 0.3) is 0 Å². The van der Waals surface area contributed by atoms with E-state index in [1.807, 2.05) is 30.5 Å². The zero-order chi connectivity index (χ0) is 17.1. The predicted molar refractivity (Wildman–Crippen MR) is 94.2 cm³/mol. The van der Waals surface area contributed by atoms with E-state index in [2.05, 4.69) is 20.7 Å². The van der Waals surface area contributed by atoms with Gasteiger partial charge in [-0.2, -0.15) is 5.10 Å². The molecule has 7 nitrogen and oxygen atoms in total. The smallest absolute Gasteiger partial charge is 0.223 e. The minimum absolute atomic E-state index is 0.164. The van der Waals surface area contributed by atoms with Crippen LogP contribution < -0.4 is 10.6 Å². The molecule has 2 aromatic rings. The zero-order valence-electron chi connectivity index (χ0n) is 14.1. The Bertz CT molecular complexity index is 771. The highest BCUT2D eigenvalue weighted by Crippen LogP contribution is 2.50. The highest BCUT2D eigenvalue weighted by Gasteiger charge is 2.49. The van der Waals surface area contributed by atoms with Crippen LogP contribution in [0, 0.1) is 11.3 Å². The van der Waals surface area contributed by atoms with Crippen molar-refractivity contribution < 1.29 is 9.53 Å². The van der Waals surface area contributed by atoms with Gasteiger partial charge in [-0.3, -0.25) is 4.79 Å². The van der Waals surface area contributed by atoms with E-state index >= 15 is 0 Å². The quantitative estimate of drug-likeness (QED) is 0.781. The molecule has 1 saturated heterocycles. The highest BCUT2D eigenvalue weighted by molar-refractivity contribution is 5.80. The van der Waals surface area contributed by atoms with Crippen LogP contribution in [0.5, 0.6) is 0 Å². The summed E-state index contributed by atoms with van der Waals surface area (Å²) in [4.78, 5) is 16.4. The normalized spacial score (nSPS) is 25.5. The Hall–Kier alpha value is -2.41. The number of carbonyl (C=O) groups excluding carboxylic acids is 1. The number of hydrogen-bond acceptors (Lipinski definition) is 5.